The highest BCUT2D eigenvalue weighted by Gasteiger charge is 2.09. The second kappa shape index (κ2) is 9.55. The molecule has 0 aliphatic heterocycles. The third-order valence-electron chi connectivity index (χ3n) is 2.63. The summed E-state index contributed by atoms with van der Waals surface area (Å²) in [6, 6.07) is 4.00. The number of nitrogens with zero attached hydrogens (tertiary/aromatic N) is 1. The van der Waals surface area contributed by atoms with Crippen LogP contribution in [0.5, 0.6) is 0 Å². The molecule has 0 atom stereocenters. The molecule has 0 heterocycles. The maximum absolute atomic E-state index is 13.4. The maximum Gasteiger partial charge on any atom is 0.304 e. The van der Waals surface area contributed by atoms with E-state index in [1.165, 1.54) is 12.1 Å². The number of hydrogen-bond donors (Lipinski definition) is 2. The fourth-order valence-corrected chi connectivity index (χ4v) is 1.65. The average Bonchev–Trinajstić information content (AvgIpc) is 2.37. The van der Waals surface area contributed by atoms with Crippen molar-refractivity contribution in [3.05, 3.63) is 29.0 Å². The van der Waals surface area contributed by atoms with Gasteiger partial charge in [-0.2, -0.15) is 0 Å². The molecule has 0 fully saturated rings. The van der Waals surface area contributed by atoms with Crippen molar-refractivity contribution in [2.75, 3.05) is 25.5 Å². The summed E-state index contributed by atoms with van der Waals surface area (Å²) in [6.45, 7) is 0.756. The van der Waals surface area contributed by atoms with Gasteiger partial charge in [0, 0.05) is 24.5 Å². The highest BCUT2D eigenvalue weighted by Crippen LogP contribution is 2.18. The first kappa shape index (κ1) is 19.6. The summed E-state index contributed by atoms with van der Waals surface area (Å²) in [5.74, 6) is -1.82. The van der Waals surface area contributed by atoms with Crippen LogP contribution < -0.4 is 5.32 Å². The van der Waals surface area contributed by atoms with E-state index in [9.17, 15) is 14.0 Å². The van der Waals surface area contributed by atoms with Crippen molar-refractivity contribution in [2.45, 2.75) is 12.8 Å². The minimum atomic E-state index is -0.885. The first-order valence-electron chi connectivity index (χ1n) is 6.03. The summed E-state index contributed by atoms with van der Waals surface area (Å²) in [4.78, 5) is 23.8. The van der Waals surface area contributed by atoms with Crippen LogP contribution in [-0.2, 0) is 9.59 Å². The van der Waals surface area contributed by atoms with Crippen LogP contribution in [0.4, 0.5) is 10.1 Å². The Kier molecular flexibility index (Phi) is 8.92. The van der Waals surface area contributed by atoms with Crippen LogP contribution in [0.1, 0.15) is 12.8 Å². The summed E-state index contributed by atoms with van der Waals surface area (Å²) in [5.41, 5.74) is 0.0765. The smallest absolute Gasteiger partial charge is 0.304 e. The number of amides is 1. The van der Waals surface area contributed by atoms with Crippen molar-refractivity contribution in [1.29, 1.82) is 0 Å². The van der Waals surface area contributed by atoms with E-state index in [1.807, 2.05) is 0 Å². The number of rotatable bonds is 7. The first-order valence-corrected chi connectivity index (χ1v) is 6.41. The average molecular weight is 339 g/mol. The summed E-state index contributed by atoms with van der Waals surface area (Å²) in [5, 5.41) is 11.2. The van der Waals surface area contributed by atoms with Crippen molar-refractivity contribution in [3.63, 3.8) is 0 Å². The van der Waals surface area contributed by atoms with Crippen LogP contribution in [0.25, 0.3) is 0 Å². The Balaban J connectivity index is 0.00000400. The number of nitrogens with one attached hydrogen (secondary N) is 1. The molecule has 2 N–H and O–H groups in total. The van der Waals surface area contributed by atoms with Gasteiger partial charge in [-0.3, -0.25) is 9.59 Å². The molecule has 0 aliphatic rings. The molecule has 0 saturated carbocycles. The van der Waals surface area contributed by atoms with Crippen LogP contribution in [0.2, 0.25) is 5.02 Å². The maximum atomic E-state index is 13.4. The Morgan fingerprint density at radius 3 is 2.52 bits per heavy atom. The molecule has 1 aromatic carbocycles. The molecule has 0 unspecified atom stereocenters. The second-order valence-corrected chi connectivity index (χ2v) is 4.81. The summed E-state index contributed by atoms with van der Waals surface area (Å²) < 4.78 is 13.4. The number of benzene rings is 1. The SMILES string of the molecule is CN(CCC(=O)O)CCC(=O)Nc1ccc(Cl)cc1F.Cl. The van der Waals surface area contributed by atoms with Crippen LogP contribution in [0.15, 0.2) is 18.2 Å². The first-order chi connectivity index (χ1) is 9.38. The van der Waals surface area contributed by atoms with E-state index in [0.29, 0.717) is 13.1 Å². The molecular weight excluding hydrogens is 322 g/mol. The van der Waals surface area contributed by atoms with Gasteiger partial charge in [0.2, 0.25) is 5.91 Å². The van der Waals surface area contributed by atoms with Crippen molar-refractivity contribution in [3.8, 4) is 0 Å². The highest BCUT2D eigenvalue weighted by atomic mass is 35.5. The highest BCUT2D eigenvalue weighted by molar-refractivity contribution is 6.30. The zero-order valence-electron chi connectivity index (χ0n) is 11.4. The van der Waals surface area contributed by atoms with Gasteiger partial charge in [-0.15, -0.1) is 12.4 Å². The number of aliphatic carboxylic acids is 1. The topological polar surface area (TPSA) is 69.6 Å². The van der Waals surface area contributed by atoms with Gasteiger partial charge < -0.3 is 15.3 Å². The number of halogens is 3. The van der Waals surface area contributed by atoms with Gasteiger partial charge in [-0.25, -0.2) is 4.39 Å². The number of anilines is 1. The van der Waals surface area contributed by atoms with E-state index in [1.54, 1.807) is 11.9 Å². The molecule has 21 heavy (non-hydrogen) atoms. The third-order valence-corrected chi connectivity index (χ3v) is 2.87. The van der Waals surface area contributed by atoms with Crippen molar-refractivity contribution < 1.29 is 19.1 Å². The molecule has 0 spiro atoms. The lowest BCUT2D eigenvalue weighted by Gasteiger charge is -2.15. The van der Waals surface area contributed by atoms with Crippen molar-refractivity contribution in [1.82, 2.24) is 4.90 Å². The number of carbonyl (C=O) groups excluding carboxylic acids is 1. The fraction of sp³-hybridized carbons (Fsp3) is 0.385. The lowest BCUT2D eigenvalue weighted by Crippen LogP contribution is -2.26. The quantitative estimate of drug-likeness (QED) is 0.801. The molecule has 5 nitrogen and oxygen atoms in total. The zero-order valence-corrected chi connectivity index (χ0v) is 13.0. The second-order valence-electron chi connectivity index (χ2n) is 4.37. The molecule has 0 bridgehead atoms. The molecule has 0 aliphatic carbocycles. The molecule has 118 valence electrons. The number of carbonyl (C=O) groups is 2. The van der Waals surface area contributed by atoms with E-state index >= 15 is 0 Å². The lowest BCUT2D eigenvalue weighted by atomic mass is 10.3. The van der Waals surface area contributed by atoms with Gasteiger partial charge in [0.25, 0.3) is 0 Å². The van der Waals surface area contributed by atoms with E-state index in [4.69, 9.17) is 16.7 Å². The number of carboxylic acids is 1. The Labute approximate surface area is 133 Å². The van der Waals surface area contributed by atoms with Crippen molar-refractivity contribution in [2.24, 2.45) is 0 Å². The van der Waals surface area contributed by atoms with Gasteiger partial charge in [0.05, 0.1) is 12.1 Å². The molecule has 1 amide bonds. The molecule has 8 heteroatoms. The van der Waals surface area contributed by atoms with E-state index in [2.05, 4.69) is 5.32 Å². The number of hydrogen-bond acceptors (Lipinski definition) is 3. The predicted molar refractivity (Wildman–Crippen MR) is 81.7 cm³/mol. The van der Waals surface area contributed by atoms with Gasteiger partial charge >= 0.3 is 5.97 Å². The molecular formula is C13H17Cl2FN2O3. The summed E-state index contributed by atoms with van der Waals surface area (Å²) >= 11 is 5.61. The molecule has 1 aromatic rings. The van der Waals surface area contributed by atoms with Crippen molar-refractivity contribution >= 4 is 41.6 Å². The molecule has 0 saturated heterocycles. The molecule has 0 radical (unpaired) electrons. The molecule has 0 aromatic heterocycles. The standard InChI is InChI=1S/C13H16ClFN2O3.ClH/c1-17(7-5-13(19)20)6-4-12(18)16-11-3-2-9(14)8-10(11)15;/h2-3,8H,4-7H2,1H3,(H,16,18)(H,19,20);1H. The normalized spacial score (nSPS) is 10.1. The Bertz CT molecular complexity index is 500. The largest absolute Gasteiger partial charge is 0.481 e. The van der Waals surface area contributed by atoms with Crippen LogP contribution >= 0.6 is 24.0 Å². The number of carboxylic acid groups (broad SMARTS) is 1. The third kappa shape index (κ3) is 7.84. The fourth-order valence-electron chi connectivity index (χ4n) is 1.49. The van der Waals surface area contributed by atoms with Gasteiger partial charge in [0.15, 0.2) is 0 Å². The zero-order chi connectivity index (χ0) is 15.1. The Hall–Kier alpha value is -1.37. The Morgan fingerprint density at radius 1 is 1.33 bits per heavy atom. The van der Waals surface area contributed by atoms with E-state index < -0.39 is 11.8 Å². The predicted octanol–water partition coefficient (Wildman–Crippen LogP) is 2.64. The minimum absolute atomic E-state index is 0. The van der Waals surface area contributed by atoms with Gasteiger partial charge in [0.1, 0.15) is 5.82 Å². The van der Waals surface area contributed by atoms with E-state index in [0.717, 1.165) is 6.07 Å². The Morgan fingerprint density at radius 2 is 1.95 bits per heavy atom. The molecule has 1 rings (SSSR count). The van der Waals surface area contributed by atoms with Crippen LogP contribution in [0.3, 0.4) is 0 Å². The minimum Gasteiger partial charge on any atom is -0.481 e. The van der Waals surface area contributed by atoms with Gasteiger partial charge in [-0.1, -0.05) is 11.6 Å². The monoisotopic (exact) mass is 338 g/mol. The lowest BCUT2D eigenvalue weighted by molar-refractivity contribution is -0.137. The van der Waals surface area contributed by atoms with E-state index in [-0.39, 0.29) is 41.9 Å². The van der Waals surface area contributed by atoms with Crippen LogP contribution in [0, 0.1) is 5.82 Å². The summed E-state index contributed by atoms with van der Waals surface area (Å²) in [6.07, 6.45) is 0.169. The van der Waals surface area contributed by atoms with Gasteiger partial charge in [-0.05, 0) is 25.2 Å². The summed E-state index contributed by atoms with van der Waals surface area (Å²) in [7, 11) is 1.72. The van der Waals surface area contributed by atoms with Crippen LogP contribution in [-0.4, -0.2) is 42.0 Å².